The molecule has 1 amide bonds. The van der Waals surface area contributed by atoms with Crippen LogP contribution in [0.25, 0.3) is 0 Å². The molecule has 0 unspecified atom stereocenters. The van der Waals surface area contributed by atoms with Gasteiger partial charge in [-0.15, -0.1) is 0 Å². The summed E-state index contributed by atoms with van der Waals surface area (Å²) in [5.74, 6) is -1.08. The number of carboxylic acids is 1. The Morgan fingerprint density at radius 2 is 1.90 bits per heavy atom. The fraction of sp³-hybridized carbons (Fsp3) is 0.333. The van der Waals surface area contributed by atoms with Gasteiger partial charge in [-0.3, -0.25) is 0 Å². The van der Waals surface area contributed by atoms with Gasteiger partial charge in [-0.05, 0) is 12.5 Å². The Morgan fingerprint density at radius 3 is 2.48 bits per heavy atom. The van der Waals surface area contributed by atoms with Crippen LogP contribution in [0.3, 0.4) is 0 Å². The minimum atomic E-state index is -1.09. The van der Waals surface area contributed by atoms with E-state index in [0.29, 0.717) is 18.7 Å². The van der Waals surface area contributed by atoms with Crippen molar-refractivity contribution in [3.05, 3.63) is 47.2 Å². The minimum absolute atomic E-state index is 0.0353. The van der Waals surface area contributed by atoms with Crippen LogP contribution in [0.1, 0.15) is 24.9 Å². The van der Waals surface area contributed by atoms with Gasteiger partial charge >= 0.3 is 12.1 Å². The predicted octanol–water partition coefficient (Wildman–Crippen LogP) is 2.06. The quantitative estimate of drug-likeness (QED) is 0.789. The van der Waals surface area contributed by atoms with Crippen molar-refractivity contribution in [3.8, 4) is 0 Å². The largest absolute Gasteiger partial charge is 0.478 e. The molecule has 21 heavy (non-hydrogen) atoms. The molecule has 6 heteroatoms. The zero-order valence-corrected chi connectivity index (χ0v) is 11.7. The number of aliphatic carboxylic acids is 1. The van der Waals surface area contributed by atoms with Crippen LogP contribution in [0, 0.1) is 0 Å². The second kappa shape index (κ2) is 6.30. The molecule has 1 aliphatic heterocycles. The van der Waals surface area contributed by atoms with E-state index in [-0.39, 0.29) is 18.2 Å². The van der Waals surface area contributed by atoms with Crippen LogP contribution in [-0.4, -0.2) is 40.3 Å². The van der Waals surface area contributed by atoms with Crippen molar-refractivity contribution in [3.63, 3.8) is 0 Å². The molecule has 3 N–H and O–H groups in total. The highest BCUT2D eigenvalue weighted by atomic mass is 16.4. The molecule has 1 atom stereocenters. The number of hydrogen-bond donors (Lipinski definition) is 3. The Bertz CT molecular complexity index is 568. The van der Waals surface area contributed by atoms with Gasteiger partial charge in [0, 0.05) is 24.7 Å². The number of carbonyl (C=O) groups is 2. The van der Waals surface area contributed by atoms with Gasteiger partial charge in [0.1, 0.15) is 0 Å². The fourth-order valence-electron chi connectivity index (χ4n) is 2.37. The molecule has 1 aromatic rings. The number of carboxylic acid groups (broad SMARTS) is 2. The van der Waals surface area contributed by atoms with Gasteiger partial charge in [0.2, 0.25) is 0 Å². The Labute approximate surface area is 122 Å². The van der Waals surface area contributed by atoms with Crippen molar-refractivity contribution in [1.29, 1.82) is 0 Å². The number of rotatable bonds is 4. The standard InChI is InChI=1S/C15H18N2O4/c1-10(11-5-3-2-4-6-11)16-13-7-8-17(15(20)21)9-12(13)14(18)19/h2-6,10,16H,7-9H2,1H3,(H,18,19)(H,20,21)/t10-/m0/s1. The highest BCUT2D eigenvalue weighted by molar-refractivity contribution is 5.89. The lowest BCUT2D eigenvalue weighted by Gasteiger charge is -2.29. The third-order valence-electron chi connectivity index (χ3n) is 3.56. The fourth-order valence-corrected chi connectivity index (χ4v) is 2.37. The van der Waals surface area contributed by atoms with Crippen molar-refractivity contribution in [2.75, 3.05) is 13.1 Å². The third-order valence-corrected chi connectivity index (χ3v) is 3.56. The second-order valence-corrected chi connectivity index (χ2v) is 4.99. The molecule has 0 aromatic heterocycles. The molecular formula is C15H18N2O4. The summed E-state index contributed by atoms with van der Waals surface area (Å²) in [6.45, 7) is 2.16. The smallest absolute Gasteiger partial charge is 0.407 e. The lowest BCUT2D eigenvalue weighted by molar-refractivity contribution is -0.133. The molecule has 112 valence electrons. The van der Waals surface area contributed by atoms with Crippen molar-refractivity contribution in [1.82, 2.24) is 10.2 Å². The summed E-state index contributed by atoms with van der Waals surface area (Å²) in [6.07, 6.45) is -0.714. The van der Waals surface area contributed by atoms with E-state index >= 15 is 0 Å². The average Bonchev–Trinajstić information content (AvgIpc) is 2.48. The first kappa shape index (κ1) is 14.9. The Balaban J connectivity index is 2.18. The number of amides is 1. The van der Waals surface area contributed by atoms with Crippen molar-refractivity contribution in [2.24, 2.45) is 0 Å². The van der Waals surface area contributed by atoms with E-state index in [1.807, 2.05) is 37.3 Å². The Morgan fingerprint density at radius 1 is 1.24 bits per heavy atom. The van der Waals surface area contributed by atoms with E-state index in [4.69, 9.17) is 5.11 Å². The van der Waals surface area contributed by atoms with Crippen LogP contribution >= 0.6 is 0 Å². The van der Waals surface area contributed by atoms with Crippen LogP contribution in [0.2, 0.25) is 0 Å². The van der Waals surface area contributed by atoms with Gasteiger partial charge in [0.15, 0.2) is 0 Å². The first-order chi connectivity index (χ1) is 9.99. The van der Waals surface area contributed by atoms with Gasteiger partial charge in [-0.25, -0.2) is 9.59 Å². The summed E-state index contributed by atoms with van der Waals surface area (Å²) in [6, 6.07) is 9.66. The summed E-state index contributed by atoms with van der Waals surface area (Å²) in [7, 11) is 0. The molecule has 1 aliphatic rings. The maximum absolute atomic E-state index is 11.3. The second-order valence-electron chi connectivity index (χ2n) is 4.99. The molecule has 1 aromatic carbocycles. The van der Waals surface area contributed by atoms with E-state index in [1.54, 1.807) is 0 Å². The van der Waals surface area contributed by atoms with Crippen molar-refractivity contribution < 1.29 is 19.8 Å². The Hall–Kier alpha value is -2.50. The molecule has 1 heterocycles. The van der Waals surface area contributed by atoms with Gasteiger partial charge in [0.25, 0.3) is 0 Å². The van der Waals surface area contributed by atoms with Crippen LogP contribution in [0.4, 0.5) is 4.79 Å². The summed E-state index contributed by atoms with van der Waals surface area (Å²) in [5.41, 5.74) is 1.78. The van der Waals surface area contributed by atoms with Crippen molar-refractivity contribution in [2.45, 2.75) is 19.4 Å². The van der Waals surface area contributed by atoms with Gasteiger partial charge in [-0.2, -0.15) is 0 Å². The monoisotopic (exact) mass is 290 g/mol. The molecule has 6 nitrogen and oxygen atoms in total. The van der Waals surface area contributed by atoms with Crippen LogP contribution in [0.5, 0.6) is 0 Å². The molecular weight excluding hydrogens is 272 g/mol. The highest BCUT2D eigenvalue weighted by Gasteiger charge is 2.27. The molecule has 2 rings (SSSR count). The van der Waals surface area contributed by atoms with Crippen LogP contribution < -0.4 is 5.32 Å². The summed E-state index contributed by atoms with van der Waals surface area (Å²) < 4.78 is 0. The first-order valence-corrected chi connectivity index (χ1v) is 6.73. The Kier molecular flexibility index (Phi) is 4.47. The van der Waals surface area contributed by atoms with E-state index in [1.165, 1.54) is 0 Å². The minimum Gasteiger partial charge on any atom is -0.478 e. The predicted molar refractivity (Wildman–Crippen MR) is 76.9 cm³/mol. The number of nitrogens with zero attached hydrogens (tertiary/aromatic N) is 1. The molecule has 0 radical (unpaired) electrons. The summed E-state index contributed by atoms with van der Waals surface area (Å²) in [4.78, 5) is 23.4. The highest BCUT2D eigenvalue weighted by Crippen LogP contribution is 2.21. The van der Waals surface area contributed by atoms with Gasteiger partial charge < -0.3 is 20.4 Å². The zero-order chi connectivity index (χ0) is 15.4. The molecule has 0 bridgehead atoms. The lowest BCUT2D eigenvalue weighted by Crippen LogP contribution is -2.40. The first-order valence-electron chi connectivity index (χ1n) is 6.73. The topological polar surface area (TPSA) is 89.9 Å². The van der Waals surface area contributed by atoms with E-state index < -0.39 is 12.1 Å². The average molecular weight is 290 g/mol. The maximum Gasteiger partial charge on any atom is 0.407 e. The molecule has 0 saturated carbocycles. The molecule has 0 saturated heterocycles. The summed E-state index contributed by atoms with van der Waals surface area (Å²) >= 11 is 0. The van der Waals surface area contributed by atoms with Crippen molar-refractivity contribution >= 4 is 12.1 Å². The molecule has 0 fully saturated rings. The van der Waals surface area contributed by atoms with Gasteiger partial charge in [0.05, 0.1) is 12.1 Å². The number of benzene rings is 1. The van der Waals surface area contributed by atoms with Crippen LogP contribution in [-0.2, 0) is 4.79 Å². The van der Waals surface area contributed by atoms with Crippen LogP contribution in [0.15, 0.2) is 41.6 Å². The summed E-state index contributed by atoms with van der Waals surface area (Å²) in [5, 5.41) is 21.5. The van der Waals surface area contributed by atoms with E-state index in [0.717, 1.165) is 10.5 Å². The normalized spacial score (nSPS) is 16.5. The number of hydrogen-bond acceptors (Lipinski definition) is 3. The maximum atomic E-state index is 11.3. The zero-order valence-electron chi connectivity index (χ0n) is 11.7. The molecule has 0 aliphatic carbocycles. The molecule has 0 spiro atoms. The number of nitrogens with one attached hydrogen (secondary N) is 1. The lowest BCUT2D eigenvalue weighted by atomic mass is 10.0. The van der Waals surface area contributed by atoms with Gasteiger partial charge in [-0.1, -0.05) is 30.3 Å². The van der Waals surface area contributed by atoms with E-state index in [2.05, 4.69) is 5.32 Å². The van der Waals surface area contributed by atoms with E-state index in [9.17, 15) is 14.7 Å². The SMILES string of the molecule is C[C@H](NC1=C(C(=O)O)CN(C(=O)O)CC1)c1ccccc1. The third kappa shape index (κ3) is 3.53.